The normalized spacial score (nSPS) is 11.3. The quantitative estimate of drug-likeness (QED) is 0.552. The zero-order valence-electron chi connectivity index (χ0n) is 16.3. The Morgan fingerprint density at radius 1 is 1.00 bits per heavy atom. The Morgan fingerprint density at radius 3 is 2.19 bits per heavy atom. The molecule has 0 aliphatic rings. The van der Waals surface area contributed by atoms with Gasteiger partial charge in [0.15, 0.2) is 0 Å². The number of aryl methyl sites for hydroxylation is 3. The topological polar surface area (TPSA) is 81.1 Å². The van der Waals surface area contributed by atoms with Crippen molar-refractivity contribution in [1.82, 2.24) is 9.55 Å². The van der Waals surface area contributed by atoms with Crippen molar-refractivity contribution in [2.75, 3.05) is 6.54 Å². The van der Waals surface area contributed by atoms with Crippen LogP contribution in [0.1, 0.15) is 68.3 Å². The fraction of sp³-hybridized carbons (Fsp3) is 0.619. The van der Waals surface area contributed by atoms with Crippen LogP contribution in [-0.4, -0.2) is 27.2 Å². The largest absolute Gasteiger partial charge is 0.480 e. The average molecular weight is 360 g/mol. The zero-order chi connectivity index (χ0) is 18.9. The van der Waals surface area contributed by atoms with Crippen molar-refractivity contribution in [3.8, 4) is 0 Å². The van der Waals surface area contributed by atoms with Gasteiger partial charge in [0.05, 0.1) is 11.0 Å². The molecule has 5 nitrogen and oxygen atoms in total. The molecule has 1 heterocycles. The predicted octanol–water partition coefficient (Wildman–Crippen LogP) is 4.36. The molecule has 144 valence electrons. The van der Waals surface area contributed by atoms with Gasteiger partial charge in [-0.2, -0.15) is 0 Å². The first-order valence-corrected chi connectivity index (χ1v) is 9.91. The van der Waals surface area contributed by atoms with E-state index in [1.807, 2.05) is 4.57 Å². The van der Waals surface area contributed by atoms with Gasteiger partial charge in [0.1, 0.15) is 12.4 Å². The number of benzene rings is 1. The number of hydrogen-bond acceptors (Lipinski definition) is 3. The summed E-state index contributed by atoms with van der Waals surface area (Å²) in [5.74, 6) is 0.0802. The van der Waals surface area contributed by atoms with Crippen LogP contribution in [0, 0.1) is 13.8 Å². The molecular formula is C21H33N3O2. The Hall–Kier alpha value is -1.88. The number of fused-ring (bicyclic) bond motifs is 1. The average Bonchev–Trinajstić information content (AvgIpc) is 2.90. The maximum Gasteiger partial charge on any atom is 0.323 e. The van der Waals surface area contributed by atoms with Crippen LogP contribution in [0.25, 0.3) is 11.0 Å². The van der Waals surface area contributed by atoms with Gasteiger partial charge in [-0.25, -0.2) is 4.98 Å². The van der Waals surface area contributed by atoms with Crippen LogP contribution in [-0.2, 0) is 17.8 Å². The minimum Gasteiger partial charge on any atom is -0.480 e. The van der Waals surface area contributed by atoms with E-state index in [0.717, 1.165) is 42.7 Å². The third-order valence-electron chi connectivity index (χ3n) is 5.09. The number of aromatic nitrogens is 2. The van der Waals surface area contributed by atoms with Gasteiger partial charge in [0, 0.05) is 6.42 Å². The van der Waals surface area contributed by atoms with Gasteiger partial charge in [-0.15, -0.1) is 0 Å². The van der Waals surface area contributed by atoms with Gasteiger partial charge < -0.3 is 15.4 Å². The van der Waals surface area contributed by atoms with E-state index < -0.39 is 5.97 Å². The third-order valence-corrected chi connectivity index (χ3v) is 5.09. The monoisotopic (exact) mass is 359 g/mol. The van der Waals surface area contributed by atoms with E-state index in [9.17, 15) is 9.90 Å². The van der Waals surface area contributed by atoms with Crippen molar-refractivity contribution < 1.29 is 9.90 Å². The van der Waals surface area contributed by atoms with Gasteiger partial charge in [-0.3, -0.25) is 4.79 Å². The van der Waals surface area contributed by atoms with Crippen LogP contribution >= 0.6 is 0 Å². The Bertz CT molecular complexity index is 722. The molecule has 2 rings (SSSR count). The molecule has 0 amide bonds. The summed E-state index contributed by atoms with van der Waals surface area (Å²) in [6.45, 7) is 4.91. The Morgan fingerprint density at radius 2 is 1.58 bits per heavy atom. The van der Waals surface area contributed by atoms with Crippen molar-refractivity contribution in [2.24, 2.45) is 5.73 Å². The van der Waals surface area contributed by atoms with E-state index in [1.54, 1.807) is 0 Å². The fourth-order valence-corrected chi connectivity index (χ4v) is 3.42. The smallest absolute Gasteiger partial charge is 0.323 e. The number of hydrogen-bond donors (Lipinski definition) is 2. The maximum atomic E-state index is 11.3. The van der Waals surface area contributed by atoms with Gasteiger partial charge >= 0.3 is 5.97 Å². The lowest BCUT2D eigenvalue weighted by Gasteiger charge is -2.07. The minimum atomic E-state index is -0.818. The van der Waals surface area contributed by atoms with Crippen LogP contribution in [0.3, 0.4) is 0 Å². The van der Waals surface area contributed by atoms with E-state index in [-0.39, 0.29) is 6.54 Å². The van der Waals surface area contributed by atoms with Gasteiger partial charge in [0.2, 0.25) is 0 Å². The number of carboxylic acid groups (broad SMARTS) is 1. The van der Waals surface area contributed by atoms with E-state index >= 15 is 0 Å². The standard InChI is InChI=1S/C21H33N3O2/c1-16-13-18-19(14-17(16)2)24(15-21(25)26)20(23-18)11-9-7-5-3-4-6-8-10-12-22/h13-14H,3-12,15,22H2,1-2H3,(H,25,26). The summed E-state index contributed by atoms with van der Waals surface area (Å²) in [6, 6.07) is 4.12. The zero-order valence-corrected chi connectivity index (χ0v) is 16.3. The minimum absolute atomic E-state index is 0.0184. The molecule has 0 spiro atoms. The molecule has 1 aromatic heterocycles. The maximum absolute atomic E-state index is 11.3. The molecule has 0 aliphatic heterocycles. The van der Waals surface area contributed by atoms with Crippen molar-refractivity contribution in [2.45, 2.75) is 78.2 Å². The first kappa shape index (κ1) is 20.4. The molecule has 1 aromatic carbocycles. The molecule has 0 unspecified atom stereocenters. The molecule has 26 heavy (non-hydrogen) atoms. The number of carboxylic acids is 1. The van der Waals surface area contributed by atoms with Gasteiger partial charge in [-0.1, -0.05) is 38.5 Å². The Labute approximate surface area is 156 Å². The highest BCUT2D eigenvalue weighted by atomic mass is 16.4. The molecule has 5 heteroatoms. The van der Waals surface area contributed by atoms with Crippen LogP contribution in [0.2, 0.25) is 0 Å². The number of nitrogens with two attached hydrogens (primary N) is 1. The lowest BCUT2D eigenvalue weighted by Crippen LogP contribution is -2.12. The fourth-order valence-electron chi connectivity index (χ4n) is 3.42. The second-order valence-corrected chi connectivity index (χ2v) is 7.30. The number of nitrogens with zero attached hydrogens (tertiary/aromatic N) is 2. The van der Waals surface area contributed by atoms with Crippen LogP contribution in [0.5, 0.6) is 0 Å². The highest BCUT2D eigenvalue weighted by Crippen LogP contribution is 2.22. The number of carbonyl (C=O) groups is 1. The van der Waals surface area contributed by atoms with Gasteiger partial charge in [0.25, 0.3) is 0 Å². The first-order valence-electron chi connectivity index (χ1n) is 9.91. The highest BCUT2D eigenvalue weighted by Gasteiger charge is 2.14. The van der Waals surface area contributed by atoms with Crippen molar-refractivity contribution in [3.05, 3.63) is 29.1 Å². The molecule has 0 aliphatic carbocycles. The lowest BCUT2D eigenvalue weighted by molar-refractivity contribution is -0.137. The first-order chi connectivity index (χ1) is 12.5. The SMILES string of the molecule is Cc1cc2nc(CCCCCCCCCCN)n(CC(=O)O)c2cc1C. The summed E-state index contributed by atoms with van der Waals surface area (Å²) in [6.07, 6.45) is 10.5. The Balaban J connectivity index is 1.91. The molecule has 0 saturated carbocycles. The van der Waals surface area contributed by atoms with Gasteiger partial charge in [-0.05, 0) is 56.5 Å². The van der Waals surface area contributed by atoms with Crippen LogP contribution in [0.4, 0.5) is 0 Å². The number of imidazole rings is 1. The summed E-state index contributed by atoms with van der Waals surface area (Å²) in [5.41, 5.74) is 9.71. The van der Waals surface area contributed by atoms with E-state index in [0.29, 0.717) is 0 Å². The summed E-state index contributed by atoms with van der Waals surface area (Å²) >= 11 is 0. The second kappa shape index (κ2) is 10.3. The molecule has 0 atom stereocenters. The van der Waals surface area contributed by atoms with E-state index in [2.05, 4.69) is 26.0 Å². The van der Waals surface area contributed by atoms with E-state index in [1.165, 1.54) is 49.7 Å². The van der Waals surface area contributed by atoms with Crippen LogP contribution in [0.15, 0.2) is 12.1 Å². The molecule has 0 fully saturated rings. The third kappa shape index (κ3) is 5.84. The molecule has 0 bridgehead atoms. The number of unbranched alkanes of at least 4 members (excludes halogenated alkanes) is 7. The number of aliphatic carboxylic acids is 1. The molecule has 2 aromatic rings. The van der Waals surface area contributed by atoms with Crippen molar-refractivity contribution in [3.63, 3.8) is 0 Å². The second-order valence-electron chi connectivity index (χ2n) is 7.30. The lowest BCUT2D eigenvalue weighted by atomic mass is 10.1. The molecule has 0 saturated heterocycles. The molecule has 3 N–H and O–H groups in total. The molecular weight excluding hydrogens is 326 g/mol. The summed E-state index contributed by atoms with van der Waals surface area (Å²) in [4.78, 5) is 16.0. The summed E-state index contributed by atoms with van der Waals surface area (Å²) in [7, 11) is 0. The van der Waals surface area contributed by atoms with Crippen molar-refractivity contribution in [1.29, 1.82) is 0 Å². The summed E-state index contributed by atoms with van der Waals surface area (Å²) < 4.78 is 1.87. The van der Waals surface area contributed by atoms with Crippen molar-refractivity contribution >= 4 is 17.0 Å². The predicted molar refractivity (Wildman–Crippen MR) is 107 cm³/mol. The highest BCUT2D eigenvalue weighted by molar-refractivity contribution is 5.80. The van der Waals surface area contributed by atoms with E-state index in [4.69, 9.17) is 10.7 Å². The summed E-state index contributed by atoms with van der Waals surface area (Å²) in [5, 5.41) is 9.27. The molecule has 0 radical (unpaired) electrons. The Kier molecular flexibility index (Phi) is 8.10. The van der Waals surface area contributed by atoms with Crippen LogP contribution < -0.4 is 5.73 Å². The number of rotatable bonds is 12.